The molecule has 0 saturated carbocycles. The highest BCUT2D eigenvalue weighted by Gasteiger charge is 2.16. The topological polar surface area (TPSA) is 153 Å². The van der Waals surface area contributed by atoms with Crippen molar-refractivity contribution in [3.05, 3.63) is 24.3 Å². The Labute approximate surface area is 121 Å². The fourth-order valence-electron chi connectivity index (χ4n) is 1.31. The summed E-state index contributed by atoms with van der Waals surface area (Å²) in [6, 6.07) is 4.55. The van der Waals surface area contributed by atoms with Crippen molar-refractivity contribution in [3.63, 3.8) is 0 Å². The van der Waals surface area contributed by atoms with Crippen molar-refractivity contribution in [1.29, 1.82) is 0 Å². The van der Waals surface area contributed by atoms with E-state index in [2.05, 4.69) is 9.46 Å². The molecule has 1 rings (SSSR count). The molecule has 118 valence electrons. The molecule has 0 aliphatic heterocycles. The summed E-state index contributed by atoms with van der Waals surface area (Å²) in [5.74, 6) is -1.17. The molecule has 11 heteroatoms. The summed E-state index contributed by atoms with van der Waals surface area (Å²) >= 11 is 0. The van der Waals surface area contributed by atoms with Crippen molar-refractivity contribution in [3.8, 4) is 0 Å². The van der Waals surface area contributed by atoms with Crippen molar-refractivity contribution >= 4 is 26.0 Å². The summed E-state index contributed by atoms with van der Waals surface area (Å²) in [7, 11) is -7.95. The van der Waals surface area contributed by atoms with E-state index in [1.807, 2.05) is 0 Å². The molecule has 21 heavy (non-hydrogen) atoms. The SMILES string of the molecule is NS(=O)(=O)c1cccc(S(=O)(=O)NCCOCC(=O)O)c1. The van der Waals surface area contributed by atoms with E-state index in [1.54, 1.807) is 0 Å². The van der Waals surface area contributed by atoms with Gasteiger partial charge in [-0.15, -0.1) is 0 Å². The lowest BCUT2D eigenvalue weighted by molar-refractivity contribution is -0.142. The molecule has 0 radical (unpaired) electrons. The smallest absolute Gasteiger partial charge is 0.329 e. The maximum Gasteiger partial charge on any atom is 0.329 e. The van der Waals surface area contributed by atoms with Crippen LogP contribution in [0.3, 0.4) is 0 Å². The van der Waals surface area contributed by atoms with E-state index in [0.29, 0.717) is 0 Å². The number of benzene rings is 1. The molecule has 4 N–H and O–H groups in total. The monoisotopic (exact) mass is 338 g/mol. The number of aliphatic carboxylic acids is 1. The summed E-state index contributed by atoms with van der Waals surface area (Å²) < 4.78 is 52.9. The second-order valence-electron chi connectivity index (χ2n) is 3.86. The van der Waals surface area contributed by atoms with Crippen molar-refractivity contribution in [2.75, 3.05) is 19.8 Å². The van der Waals surface area contributed by atoms with E-state index in [9.17, 15) is 21.6 Å². The van der Waals surface area contributed by atoms with Gasteiger partial charge in [-0.05, 0) is 18.2 Å². The summed E-state index contributed by atoms with van der Waals surface area (Å²) in [6.07, 6.45) is 0. The Balaban J connectivity index is 2.73. The van der Waals surface area contributed by atoms with Crippen molar-refractivity contribution in [2.45, 2.75) is 9.79 Å². The predicted octanol–water partition coefficient (Wildman–Crippen LogP) is -1.29. The van der Waals surface area contributed by atoms with Gasteiger partial charge in [0, 0.05) is 6.54 Å². The van der Waals surface area contributed by atoms with Crippen LogP contribution in [0.4, 0.5) is 0 Å². The van der Waals surface area contributed by atoms with Gasteiger partial charge in [0.05, 0.1) is 16.4 Å². The van der Waals surface area contributed by atoms with Gasteiger partial charge >= 0.3 is 5.97 Å². The Morgan fingerprint density at radius 3 is 2.43 bits per heavy atom. The number of carboxylic acids is 1. The van der Waals surface area contributed by atoms with Gasteiger partial charge in [0.15, 0.2) is 0 Å². The minimum absolute atomic E-state index is 0.138. The fraction of sp³-hybridized carbons (Fsp3) is 0.300. The molecule has 0 saturated heterocycles. The van der Waals surface area contributed by atoms with Crippen LogP contribution in [0.1, 0.15) is 0 Å². The third-order valence-corrected chi connectivity index (χ3v) is 4.58. The molecule has 1 aromatic carbocycles. The molecule has 0 aliphatic rings. The predicted molar refractivity (Wildman–Crippen MR) is 71.5 cm³/mol. The number of rotatable bonds is 8. The molecule has 0 aliphatic carbocycles. The van der Waals surface area contributed by atoms with E-state index in [0.717, 1.165) is 6.07 Å². The maximum absolute atomic E-state index is 11.9. The average molecular weight is 338 g/mol. The van der Waals surface area contributed by atoms with Crippen LogP contribution >= 0.6 is 0 Å². The Bertz CT molecular complexity index is 713. The summed E-state index contributed by atoms with van der Waals surface area (Å²) in [4.78, 5) is 9.58. The Morgan fingerprint density at radius 1 is 1.24 bits per heavy atom. The number of carboxylic acid groups (broad SMARTS) is 1. The normalized spacial score (nSPS) is 12.2. The van der Waals surface area contributed by atoms with Crippen molar-refractivity contribution in [2.24, 2.45) is 5.14 Å². The molecular weight excluding hydrogens is 324 g/mol. The van der Waals surface area contributed by atoms with Crippen molar-refractivity contribution < 1.29 is 31.5 Å². The molecule has 0 unspecified atom stereocenters. The lowest BCUT2D eigenvalue weighted by Gasteiger charge is -2.07. The molecule has 1 aromatic rings. The van der Waals surface area contributed by atoms with Crippen LogP contribution < -0.4 is 9.86 Å². The standard InChI is InChI=1S/C10H14N2O7S2/c11-20(15,16)8-2-1-3-9(6-8)21(17,18)12-4-5-19-7-10(13)14/h1-3,6,12H,4-5,7H2,(H,13,14)(H2,11,15,16). The van der Waals surface area contributed by atoms with E-state index >= 15 is 0 Å². The van der Waals surface area contributed by atoms with Gasteiger partial charge < -0.3 is 9.84 Å². The second kappa shape index (κ2) is 6.95. The number of hydrogen-bond donors (Lipinski definition) is 3. The minimum Gasteiger partial charge on any atom is -0.480 e. The zero-order valence-corrected chi connectivity index (χ0v) is 12.4. The molecule has 0 fully saturated rings. The van der Waals surface area contributed by atoms with Gasteiger partial charge in [-0.3, -0.25) is 0 Å². The number of sulfonamides is 2. The first-order chi connectivity index (χ1) is 9.63. The number of nitrogens with two attached hydrogens (primary N) is 1. The van der Waals surface area contributed by atoms with E-state index in [4.69, 9.17) is 10.2 Å². The van der Waals surface area contributed by atoms with Crippen LogP contribution in [0.15, 0.2) is 34.1 Å². The minimum atomic E-state index is -4.01. The fourth-order valence-corrected chi connectivity index (χ4v) is 3.00. The molecule has 0 spiro atoms. The Kier molecular flexibility index (Phi) is 5.80. The molecular formula is C10H14N2O7S2. The zero-order valence-electron chi connectivity index (χ0n) is 10.7. The summed E-state index contributed by atoms with van der Waals surface area (Å²) in [5.41, 5.74) is 0. The number of primary sulfonamides is 1. The van der Waals surface area contributed by atoms with Crippen LogP contribution in [-0.4, -0.2) is 47.7 Å². The molecule has 0 bridgehead atoms. The molecule has 0 heterocycles. The highest BCUT2D eigenvalue weighted by molar-refractivity contribution is 7.90. The van der Waals surface area contributed by atoms with Crippen LogP contribution in [0.2, 0.25) is 0 Å². The van der Waals surface area contributed by atoms with Gasteiger partial charge in [-0.1, -0.05) is 6.07 Å². The lowest BCUT2D eigenvalue weighted by Crippen LogP contribution is -2.28. The van der Waals surface area contributed by atoms with E-state index in [1.165, 1.54) is 18.2 Å². The first-order valence-corrected chi connectivity index (χ1v) is 8.58. The Morgan fingerprint density at radius 2 is 1.86 bits per heavy atom. The molecule has 0 atom stereocenters. The third kappa shape index (κ3) is 5.77. The van der Waals surface area contributed by atoms with Crippen LogP contribution in [0.25, 0.3) is 0 Å². The Hall–Kier alpha value is -1.53. The molecule has 0 amide bonds. The summed E-state index contributed by atoms with van der Waals surface area (Å²) in [5, 5.41) is 13.2. The van der Waals surface area contributed by atoms with Crippen LogP contribution in [0, 0.1) is 0 Å². The van der Waals surface area contributed by atoms with Gasteiger partial charge in [-0.25, -0.2) is 31.5 Å². The van der Waals surface area contributed by atoms with Gasteiger partial charge in [0.25, 0.3) is 0 Å². The lowest BCUT2D eigenvalue weighted by atomic mass is 10.4. The third-order valence-electron chi connectivity index (χ3n) is 2.21. The first-order valence-electron chi connectivity index (χ1n) is 5.55. The summed E-state index contributed by atoms with van der Waals surface area (Å²) in [6.45, 7) is -0.835. The van der Waals surface area contributed by atoms with Crippen LogP contribution in [0.5, 0.6) is 0 Å². The first kappa shape index (κ1) is 17.5. The number of hydrogen-bond acceptors (Lipinski definition) is 6. The van der Waals surface area contributed by atoms with E-state index in [-0.39, 0.29) is 22.9 Å². The zero-order chi connectivity index (χ0) is 16.1. The molecule has 0 aromatic heterocycles. The quantitative estimate of drug-likeness (QED) is 0.499. The largest absolute Gasteiger partial charge is 0.480 e. The van der Waals surface area contributed by atoms with Gasteiger partial charge in [0.1, 0.15) is 6.61 Å². The number of carbonyl (C=O) groups is 1. The highest BCUT2D eigenvalue weighted by atomic mass is 32.2. The maximum atomic E-state index is 11.9. The van der Waals surface area contributed by atoms with Crippen molar-refractivity contribution in [1.82, 2.24) is 4.72 Å². The second-order valence-corrected chi connectivity index (χ2v) is 7.19. The molecule has 9 nitrogen and oxygen atoms in total. The van der Waals surface area contributed by atoms with E-state index < -0.39 is 32.6 Å². The highest BCUT2D eigenvalue weighted by Crippen LogP contribution is 2.14. The number of ether oxygens (including phenoxy) is 1. The average Bonchev–Trinajstić information content (AvgIpc) is 2.37. The number of nitrogens with one attached hydrogen (secondary N) is 1. The van der Waals surface area contributed by atoms with Gasteiger partial charge in [0.2, 0.25) is 20.0 Å². The van der Waals surface area contributed by atoms with Crippen LogP contribution in [-0.2, 0) is 29.6 Å². The van der Waals surface area contributed by atoms with Gasteiger partial charge in [-0.2, -0.15) is 0 Å².